The molecule has 0 amide bonds. The Morgan fingerprint density at radius 2 is 1.84 bits per heavy atom. The number of carbonyl (C=O) groups excluding carboxylic acids is 1. The molecule has 0 radical (unpaired) electrons. The van der Waals surface area contributed by atoms with Crippen LogP contribution in [0.3, 0.4) is 0 Å². The molecule has 162 valence electrons. The second kappa shape index (κ2) is 8.49. The molecule has 1 aromatic carbocycles. The molecule has 0 N–H and O–H groups in total. The minimum absolute atomic E-state index is 0.0143. The van der Waals surface area contributed by atoms with Gasteiger partial charge in [0, 0.05) is 17.7 Å². The van der Waals surface area contributed by atoms with E-state index in [-0.39, 0.29) is 18.0 Å². The number of benzene rings is 1. The first kappa shape index (κ1) is 20.3. The Morgan fingerprint density at radius 3 is 2.58 bits per heavy atom. The number of hydrogen-bond donors (Lipinski definition) is 0. The van der Waals surface area contributed by atoms with Crippen molar-refractivity contribution in [1.29, 1.82) is 0 Å². The fraction of sp³-hybridized carbons (Fsp3) is 0.481. The maximum Gasteiger partial charge on any atom is 0.309 e. The summed E-state index contributed by atoms with van der Waals surface area (Å²) < 4.78 is 10.9. The minimum Gasteiger partial charge on any atom is -0.497 e. The van der Waals surface area contributed by atoms with Crippen LogP contribution < -0.4 is 4.74 Å². The van der Waals surface area contributed by atoms with E-state index < -0.39 is 0 Å². The van der Waals surface area contributed by atoms with Crippen molar-refractivity contribution in [2.75, 3.05) is 7.11 Å². The number of allylic oxidation sites excluding steroid dienone is 1. The van der Waals surface area contributed by atoms with Crippen molar-refractivity contribution in [3.05, 3.63) is 54.4 Å². The number of rotatable bonds is 4. The molecule has 2 heterocycles. The van der Waals surface area contributed by atoms with Crippen molar-refractivity contribution in [1.82, 2.24) is 4.98 Å². The average Bonchev–Trinajstić information content (AvgIpc) is 3.10. The summed E-state index contributed by atoms with van der Waals surface area (Å²) in [7, 11) is 1.68. The van der Waals surface area contributed by atoms with Crippen LogP contribution in [0.1, 0.15) is 44.7 Å². The summed E-state index contributed by atoms with van der Waals surface area (Å²) in [6, 6.07) is 12.2. The van der Waals surface area contributed by atoms with Crippen molar-refractivity contribution in [2.45, 2.75) is 45.1 Å². The van der Waals surface area contributed by atoms with Gasteiger partial charge in [0.1, 0.15) is 11.9 Å². The Labute approximate surface area is 184 Å². The topological polar surface area (TPSA) is 48.4 Å². The lowest BCUT2D eigenvalue weighted by Gasteiger charge is -2.45. The van der Waals surface area contributed by atoms with Crippen LogP contribution in [0.4, 0.5) is 0 Å². The molecule has 4 heteroatoms. The smallest absolute Gasteiger partial charge is 0.309 e. The number of cyclic esters (lactones) is 1. The van der Waals surface area contributed by atoms with Crippen LogP contribution in [0.2, 0.25) is 0 Å². The van der Waals surface area contributed by atoms with Gasteiger partial charge in [0.2, 0.25) is 0 Å². The summed E-state index contributed by atoms with van der Waals surface area (Å²) in [5, 5.41) is 0. The quantitative estimate of drug-likeness (QED) is 0.592. The molecule has 0 spiro atoms. The molecule has 6 atom stereocenters. The number of aromatic nitrogens is 1. The van der Waals surface area contributed by atoms with Gasteiger partial charge < -0.3 is 9.47 Å². The summed E-state index contributed by atoms with van der Waals surface area (Å²) in [6.45, 7) is 2.08. The molecule has 0 bridgehead atoms. The summed E-state index contributed by atoms with van der Waals surface area (Å²) in [5.41, 5.74) is 3.18. The van der Waals surface area contributed by atoms with E-state index in [4.69, 9.17) is 9.47 Å². The largest absolute Gasteiger partial charge is 0.497 e. The van der Waals surface area contributed by atoms with E-state index in [1.165, 1.54) is 25.7 Å². The molecule has 2 saturated carbocycles. The highest BCUT2D eigenvalue weighted by molar-refractivity contribution is 5.75. The van der Waals surface area contributed by atoms with Gasteiger partial charge in [-0.15, -0.1) is 0 Å². The Hall–Kier alpha value is -2.62. The number of esters is 1. The predicted octanol–water partition coefficient (Wildman–Crippen LogP) is 5.77. The molecule has 2 aliphatic carbocycles. The van der Waals surface area contributed by atoms with E-state index in [0.717, 1.165) is 29.0 Å². The lowest BCUT2D eigenvalue weighted by molar-refractivity contribution is -0.144. The Bertz CT molecular complexity index is 949. The normalized spacial score (nSPS) is 32.4. The van der Waals surface area contributed by atoms with Gasteiger partial charge in [-0.05, 0) is 67.4 Å². The van der Waals surface area contributed by atoms with Crippen molar-refractivity contribution in [2.24, 2.45) is 29.6 Å². The predicted molar refractivity (Wildman–Crippen MR) is 121 cm³/mol. The third-order valence-corrected chi connectivity index (χ3v) is 7.77. The molecule has 1 aliphatic heterocycles. The van der Waals surface area contributed by atoms with E-state index in [1.807, 2.05) is 18.3 Å². The van der Waals surface area contributed by atoms with E-state index in [2.05, 4.69) is 48.3 Å². The highest BCUT2D eigenvalue weighted by Crippen LogP contribution is 2.53. The Morgan fingerprint density at radius 1 is 1.06 bits per heavy atom. The lowest BCUT2D eigenvalue weighted by atomic mass is 9.57. The highest BCUT2D eigenvalue weighted by Gasteiger charge is 2.53. The first-order chi connectivity index (χ1) is 15.1. The number of fused-ring (bicyclic) bond motifs is 2. The molecule has 0 unspecified atom stereocenters. The van der Waals surface area contributed by atoms with Crippen molar-refractivity contribution >= 4 is 12.0 Å². The SMILES string of the molecule is COc1ccc(-c2ccc(/C=C/[C@@H]3[C@H]4CCCC[C@@H]4C[C@@H]4C(=O)O[C@@H](C)[C@H]34)nc2)cc1. The van der Waals surface area contributed by atoms with Gasteiger partial charge in [0.05, 0.1) is 18.7 Å². The summed E-state index contributed by atoms with van der Waals surface area (Å²) in [6.07, 6.45) is 12.6. The van der Waals surface area contributed by atoms with Crippen molar-refractivity contribution in [3.63, 3.8) is 0 Å². The van der Waals surface area contributed by atoms with Crippen LogP contribution in [0.5, 0.6) is 5.75 Å². The minimum atomic E-state index is 0.0143. The molecule has 1 aromatic heterocycles. The molecular weight excluding hydrogens is 386 g/mol. The number of methoxy groups -OCH3 is 1. The van der Waals surface area contributed by atoms with Crippen LogP contribution >= 0.6 is 0 Å². The fourth-order valence-electron chi connectivity index (χ4n) is 6.25. The number of hydrogen-bond acceptors (Lipinski definition) is 4. The first-order valence-corrected chi connectivity index (χ1v) is 11.6. The summed E-state index contributed by atoms with van der Waals surface area (Å²) >= 11 is 0. The highest BCUT2D eigenvalue weighted by atomic mass is 16.6. The van der Waals surface area contributed by atoms with Gasteiger partial charge in [-0.2, -0.15) is 0 Å². The fourth-order valence-corrected chi connectivity index (χ4v) is 6.25. The van der Waals surface area contributed by atoms with Gasteiger partial charge in [-0.3, -0.25) is 9.78 Å². The molecule has 2 aromatic rings. The first-order valence-electron chi connectivity index (χ1n) is 11.6. The van der Waals surface area contributed by atoms with Gasteiger partial charge in [0.25, 0.3) is 0 Å². The number of ether oxygens (including phenoxy) is 2. The maximum atomic E-state index is 12.5. The summed E-state index contributed by atoms with van der Waals surface area (Å²) in [4.78, 5) is 17.1. The molecular formula is C27H31NO3. The molecule has 4 nitrogen and oxygen atoms in total. The van der Waals surface area contributed by atoms with Gasteiger partial charge in [0.15, 0.2) is 0 Å². The average molecular weight is 418 g/mol. The number of carbonyl (C=O) groups is 1. The van der Waals surface area contributed by atoms with E-state index in [0.29, 0.717) is 23.7 Å². The Kier molecular flexibility index (Phi) is 5.56. The van der Waals surface area contributed by atoms with E-state index in [9.17, 15) is 4.79 Å². The third kappa shape index (κ3) is 3.88. The second-order valence-electron chi connectivity index (χ2n) is 9.41. The van der Waals surface area contributed by atoms with Gasteiger partial charge in [-0.25, -0.2) is 0 Å². The number of nitrogens with zero attached hydrogens (tertiary/aromatic N) is 1. The van der Waals surface area contributed by atoms with Crippen molar-refractivity contribution in [3.8, 4) is 16.9 Å². The zero-order chi connectivity index (χ0) is 21.4. The van der Waals surface area contributed by atoms with Crippen LogP contribution in [-0.2, 0) is 9.53 Å². The molecule has 1 saturated heterocycles. The zero-order valence-electron chi connectivity index (χ0n) is 18.4. The zero-order valence-corrected chi connectivity index (χ0v) is 18.4. The molecule has 31 heavy (non-hydrogen) atoms. The van der Waals surface area contributed by atoms with Crippen LogP contribution in [0.15, 0.2) is 48.7 Å². The van der Waals surface area contributed by atoms with Gasteiger partial charge in [-0.1, -0.05) is 43.5 Å². The molecule has 3 aliphatic rings. The van der Waals surface area contributed by atoms with Crippen LogP contribution in [0, 0.1) is 29.6 Å². The standard InChI is InChI=1S/C27H31NO3/c1-17-26-24(23-6-4-3-5-19(23)15-25(26)27(29)31-17)14-11-21-10-7-20(16-28-21)18-8-12-22(30-2)13-9-18/h7-14,16-17,19,23-26H,3-6,15H2,1-2H3/b14-11+/t17-,19+,23-,24+,25-,26+/m0/s1. The van der Waals surface area contributed by atoms with Gasteiger partial charge >= 0.3 is 5.97 Å². The lowest BCUT2D eigenvalue weighted by Crippen LogP contribution is -2.42. The third-order valence-electron chi connectivity index (χ3n) is 7.77. The monoisotopic (exact) mass is 417 g/mol. The van der Waals surface area contributed by atoms with E-state index in [1.54, 1.807) is 7.11 Å². The van der Waals surface area contributed by atoms with Crippen molar-refractivity contribution < 1.29 is 14.3 Å². The number of pyridine rings is 1. The molecule has 5 rings (SSSR count). The van der Waals surface area contributed by atoms with E-state index >= 15 is 0 Å². The second-order valence-corrected chi connectivity index (χ2v) is 9.41. The Balaban J connectivity index is 1.36. The summed E-state index contributed by atoms with van der Waals surface area (Å²) in [5.74, 6) is 2.99. The van der Waals surface area contributed by atoms with Crippen LogP contribution in [-0.4, -0.2) is 24.2 Å². The molecule has 3 fully saturated rings. The van der Waals surface area contributed by atoms with Crippen LogP contribution in [0.25, 0.3) is 17.2 Å². The maximum absolute atomic E-state index is 12.5.